The van der Waals surface area contributed by atoms with Crippen molar-refractivity contribution in [3.8, 4) is 11.5 Å². The zero-order valence-electron chi connectivity index (χ0n) is 20.2. The number of carbonyl (C=O) groups excluding carboxylic acids is 2. The number of para-hydroxylation sites is 2. The normalized spacial score (nSPS) is 14.1. The van der Waals surface area contributed by atoms with E-state index in [0.29, 0.717) is 40.7 Å². The predicted molar refractivity (Wildman–Crippen MR) is 151 cm³/mol. The lowest BCUT2D eigenvalue weighted by Gasteiger charge is -2.26. The Hall–Kier alpha value is -4.68. The number of ketones is 2. The molecule has 0 saturated heterocycles. The molecule has 6 heteroatoms. The molecule has 0 saturated carbocycles. The van der Waals surface area contributed by atoms with Gasteiger partial charge in [-0.25, -0.2) is 0 Å². The lowest BCUT2D eigenvalue weighted by Crippen LogP contribution is -2.17. The third-order valence-electron chi connectivity index (χ3n) is 6.78. The SMILES string of the molecule is O=C1C(=Cc2sc(N(c3ccccc3)c3ccccc3)c3c2OCCO3)C(=O)c2cc3ccccc3cc21. The molecule has 0 unspecified atom stereocenters. The smallest absolute Gasteiger partial charge is 0.197 e. The van der Waals surface area contributed by atoms with Gasteiger partial charge in [-0.3, -0.25) is 14.5 Å². The summed E-state index contributed by atoms with van der Waals surface area (Å²) >= 11 is 1.44. The van der Waals surface area contributed by atoms with Crippen LogP contribution in [0.25, 0.3) is 16.8 Å². The fourth-order valence-corrected chi connectivity index (χ4v) is 6.18. The molecule has 1 aromatic heterocycles. The number of thiophene rings is 1. The molecule has 1 aliphatic carbocycles. The van der Waals surface area contributed by atoms with Crippen molar-refractivity contribution in [3.05, 3.63) is 119 Å². The fraction of sp³-hybridized carbons (Fsp3) is 0.0625. The lowest BCUT2D eigenvalue weighted by atomic mass is 10.0. The van der Waals surface area contributed by atoms with Crippen molar-refractivity contribution in [1.29, 1.82) is 0 Å². The van der Waals surface area contributed by atoms with Crippen LogP contribution in [0.1, 0.15) is 25.6 Å². The average Bonchev–Trinajstić information content (AvgIpc) is 3.44. The zero-order chi connectivity index (χ0) is 25.6. The number of fused-ring (bicyclic) bond motifs is 3. The molecule has 5 nitrogen and oxygen atoms in total. The first-order valence-electron chi connectivity index (χ1n) is 12.4. The molecule has 38 heavy (non-hydrogen) atoms. The highest BCUT2D eigenvalue weighted by molar-refractivity contribution is 7.18. The summed E-state index contributed by atoms with van der Waals surface area (Å²) < 4.78 is 12.2. The van der Waals surface area contributed by atoms with E-state index >= 15 is 0 Å². The molecule has 0 atom stereocenters. The van der Waals surface area contributed by atoms with Gasteiger partial charge in [-0.15, -0.1) is 11.3 Å². The predicted octanol–water partition coefficient (Wildman–Crippen LogP) is 7.60. The minimum absolute atomic E-state index is 0.144. The molecule has 0 bridgehead atoms. The highest BCUT2D eigenvalue weighted by Gasteiger charge is 2.35. The molecule has 0 spiro atoms. The highest BCUT2D eigenvalue weighted by Crippen LogP contribution is 2.54. The van der Waals surface area contributed by atoms with Crippen LogP contribution in [0.2, 0.25) is 0 Å². The lowest BCUT2D eigenvalue weighted by molar-refractivity contribution is 0.0990. The number of ether oxygens (including phenoxy) is 2. The summed E-state index contributed by atoms with van der Waals surface area (Å²) in [5, 5.41) is 2.69. The maximum atomic E-state index is 13.4. The summed E-state index contributed by atoms with van der Waals surface area (Å²) in [5.74, 6) is 0.641. The van der Waals surface area contributed by atoms with E-state index in [9.17, 15) is 9.59 Å². The molecule has 0 radical (unpaired) electrons. The van der Waals surface area contributed by atoms with Gasteiger partial charge in [0.1, 0.15) is 18.2 Å². The molecular weight excluding hydrogens is 494 g/mol. The molecule has 2 heterocycles. The van der Waals surface area contributed by atoms with Gasteiger partial charge in [-0.1, -0.05) is 60.7 Å². The molecule has 0 N–H and O–H groups in total. The van der Waals surface area contributed by atoms with Gasteiger partial charge in [0, 0.05) is 22.5 Å². The van der Waals surface area contributed by atoms with Crippen LogP contribution in [0.5, 0.6) is 11.5 Å². The van der Waals surface area contributed by atoms with Crippen molar-refractivity contribution in [2.24, 2.45) is 0 Å². The van der Waals surface area contributed by atoms with Crippen molar-refractivity contribution in [2.75, 3.05) is 18.1 Å². The van der Waals surface area contributed by atoms with Crippen LogP contribution in [-0.2, 0) is 0 Å². The van der Waals surface area contributed by atoms with Crippen LogP contribution in [0.15, 0.2) is 103 Å². The molecule has 2 aliphatic rings. The van der Waals surface area contributed by atoms with Crippen LogP contribution >= 0.6 is 11.3 Å². The van der Waals surface area contributed by atoms with E-state index in [1.807, 2.05) is 97.1 Å². The second kappa shape index (κ2) is 9.01. The van der Waals surface area contributed by atoms with Crippen LogP contribution in [0.3, 0.4) is 0 Å². The van der Waals surface area contributed by atoms with E-state index in [1.54, 1.807) is 6.08 Å². The molecule has 184 valence electrons. The monoisotopic (exact) mass is 515 g/mol. The van der Waals surface area contributed by atoms with Crippen molar-refractivity contribution in [1.82, 2.24) is 0 Å². The maximum Gasteiger partial charge on any atom is 0.197 e. The second-order valence-electron chi connectivity index (χ2n) is 9.09. The van der Waals surface area contributed by atoms with Gasteiger partial charge in [-0.05, 0) is 53.2 Å². The fourth-order valence-electron chi connectivity index (χ4n) is 5.01. The minimum atomic E-state index is -0.265. The summed E-state index contributed by atoms with van der Waals surface area (Å²) in [5.41, 5.74) is 2.95. The number of allylic oxidation sites excluding steroid dienone is 1. The number of Topliss-reactive ketones (excluding diaryl/α,β-unsaturated/α-hetero) is 2. The van der Waals surface area contributed by atoms with Crippen molar-refractivity contribution in [2.45, 2.75) is 0 Å². The van der Waals surface area contributed by atoms with E-state index < -0.39 is 0 Å². The van der Waals surface area contributed by atoms with Crippen molar-refractivity contribution < 1.29 is 19.1 Å². The summed E-state index contributed by atoms with van der Waals surface area (Å²) in [6.45, 7) is 0.809. The molecular formula is C32H21NO4S. The maximum absolute atomic E-state index is 13.4. The van der Waals surface area contributed by atoms with Crippen LogP contribution in [-0.4, -0.2) is 24.8 Å². The Morgan fingerprint density at radius 2 is 1.16 bits per heavy atom. The Morgan fingerprint density at radius 3 is 1.71 bits per heavy atom. The van der Waals surface area contributed by atoms with Gasteiger partial charge in [0.15, 0.2) is 23.1 Å². The van der Waals surface area contributed by atoms with Crippen LogP contribution in [0.4, 0.5) is 16.4 Å². The molecule has 0 fully saturated rings. The van der Waals surface area contributed by atoms with Gasteiger partial charge in [0.2, 0.25) is 0 Å². The van der Waals surface area contributed by atoms with Gasteiger partial charge in [-0.2, -0.15) is 0 Å². The Bertz CT molecular complexity index is 1660. The number of hydrogen-bond acceptors (Lipinski definition) is 6. The second-order valence-corrected chi connectivity index (χ2v) is 10.1. The molecule has 5 aromatic rings. The molecule has 1 aliphatic heterocycles. The largest absolute Gasteiger partial charge is 0.485 e. The summed E-state index contributed by atoms with van der Waals surface area (Å²) in [6.07, 6.45) is 1.67. The molecule has 7 rings (SSSR count). The first-order valence-corrected chi connectivity index (χ1v) is 13.2. The zero-order valence-corrected chi connectivity index (χ0v) is 21.0. The number of nitrogens with zero attached hydrogens (tertiary/aromatic N) is 1. The third-order valence-corrected chi connectivity index (χ3v) is 7.86. The Balaban J connectivity index is 1.38. The van der Waals surface area contributed by atoms with Gasteiger partial charge >= 0.3 is 0 Å². The topological polar surface area (TPSA) is 55.8 Å². The highest BCUT2D eigenvalue weighted by atomic mass is 32.1. The van der Waals surface area contributed by atoms with Gasteiger partial charge in [0.05, 0.1) is 10.5 Å². The average molecular weight is 516 g/mol. The van der Waals surface area contributed by atoms with E-state index in [0.717, 1.165) is 27.1 Å². The first-order chi connectivity index (χ1) is 18.7. The van der Waals surface area contributed by atoms with E-state index in [1.165, 1.54) is 11.3 Å². The standard InChI is InChI=1S/C32H21NO4S/c34-28-24-17-20-9-7-8-10-21(20)18-25(24)29(35)26(28)19-27-30-31(37-16-15-36-30)32(38-27)33(22-11-3-1-4-12-22)23-13-5-2-6-14-23/h1-14,17-19H,15-16H2. The first kappa shape index (κ1) is 22.5. The molecule has 4 aromatic carbocycles. The quantitative estimate of drug-likeness (QED) is 0.182. The number of benzene rings is 4. The summed E-state index contributed by atoms with van der Waals surface area (Å²) in [7, 11) is 0. The number of anilines is 3. The summed E-state index contributed by atoms with van der Waals surface area (Å²) in [4.78, 5) is 29.7. The number of carbonyl (C=O) groups is 2. The Labute approximate surface area is 223 Å². The van der Waals surface area contributed by atoms with E-state index in [4.69, 9.17) is 9.47 Å². The Morgan fingerprint density at radius 1 is 0.658 bits per heavy atom. The minimum Gasteiger partial charge on any atom is -0.485 e. The van der Waals surface area contributed by atoms with Crippen LogP contribution < -0.4 is 14.4 Å². The third kappa shape index (κ3) is 3.61. The van der Waals surface area contributed by atoms with E-state index in [-0.39, 0.29) is 17.1 Å². The van der Waals surface area contributed by atoms with Gasteiger partial charge < -0.3 is 9.47 Å². The van der Waals surface area contributed by atoms with Crippen molar-refractivity contribution >= 4 is 56.1 Å². The number of rotatable bonds is 4. The van der Waals surface area contributed by atoms with E-state index in [2.05, 4.69) is 4.90 Å². The van der Waals surface area contributed by atoms with Gasteiger partial charge in [0.25, 0.3) is 0 Å². The van der Waals surface area contributed by atoms with Crippen LogP contribution in [0, 0.1) is 0 Å². The Kier molecular flexibility index (Phi) is 5.34. The number of hydrogen-bond donors (Lipinski definition) is 0. The molecule has 0 amide bonds. The van der Waals surface area contributed by atoms with Crippen molar-refractivity contribution in [3.63, 3.8) is 0 Å². The summed E-state index contributed by atoms with van der Waals surface area (Å²) in [6, 6.07) is 31.4.